The highest BCUT2D eigenvalue weighted by molar-refractivity contribution is 5.75. The number of hydrogen-bond donors (Lipinski definition) is 0. The minimum atomic E-state index is 0.730. The number of aromatic nitrogens is 3. The zero-order chi connectivity index (χ0) is 14.8. The second-order valence-corrected chi connectivity index (χ2v) is 5.37. The number of hydrogen-bond acceptors (Lipinski definition) is 4. The van der Waals surface area contributed by atoms with Crippen LogP contribution in [0.15, 0.2) is 34.9 Å². The van der Waals surface area contributed by atoms with Crippen molar-refractivity contribution in [3.05, 3.63) is 47.6 Å². The van der Waals surface area contributed by atoms with E-state index in [1.54, 1.807) is 0 Å². The first-order valence-corrected chi connectivity index (χ1v) is 7.22. The molecule has 0 aliphatic rings. The van der Waals surface area contributed by atoms with Crippen molar-refractivity contribution < 1.29 is 4.52 Å². The summed E-state index contributed by atoms with van der Waals surface area (Å²) in [7, 11) is 2.07. The Balaban J connectivity index is 1.80. The molecule has 2 aromatic heterocycles. The fourth-order valence-corrected chi connectivity index (χ4v) is 2.65. The summed E-state index contributed by atoms with van der Waals surface area (Å²) in [6.45, 7) is 6.52. The summed E-state index contributed by atoms with van der Waals surface area (Å²) >= 11 is 0. The average Bonchev–Trinajstić information content (AvgIpc) is 3.01. The molecule has 0 aliphatic heterocycles. The van der Waals surface area contributed by atoms with Gasteiger partial charge in [0.25, 0.3) is 0 Å². The number of benzene rings is 1. The van der Waals surface area contributed by atoms with Gasteiger partial charge in [-0.05, 0) is 33.0 Å². The number of aryl methyl sites for hydroxylation is 2. The third-order valence-corrected chi connectivity index (χ3v) is 3.56. The van der Waals surface area contributed by atoms with Crippen molar-refractivity contribution >= 4 is 11.0 Å². The molecule has 0 amide bonds. The van der Waals surface area contributed by atoms with Gasteiger partial charge in [-0.25, -0.2) is 4.98 Å². The smallest absolute Gasteiger partial charge is 0.150 e. The summed E-state index contributed by atoms with van der Waals surface area (Å²) < 4.78 is 7.53. The van der Waals surface area contributed by atoms with Crippen molar-refractivity contribution in [1.29, 1.82) is 0 Å². The molecule has 0 aliphatic carbocycles. The minimum absolute atomic E-state index is 0.730. The van der Waals surface area contributed by atoms with Crippen LogP contribution in [0.1, 0.15) is 24.2 Å². The summed E-state index contributed by atoms with van der Waals surface area (Å²) in [4.78, 5) is 6.93. The number of para-hydroxylation sites is 2. The number of imidazole rings is 1. The minimum Gasteiger partial charge on any atom is -0.360 e. The molecule has 0 fully saturated rings. The van der Waals surface area contributed by atoms with E-state index in [2.05, 4.69) is 46.8 Å². The van der Waals surface area contributed by atoms with E-state index in [0.717, 1.165) is 42.4 Å². The van der Waals surface area contributed by atoms with Crippen LogP contribution in [0.25, 0.3) is 11.0 Å². The van der Waals surface area contributed by atoms with Crippen molar-refractivity contribution in [1.82, 2.24) is 19.6 Å². The lowest BCUT2D eigenvalue weighted by atomic mass is 10.3. The average molecular weight is 284 g/mol. The third kappa shape index (κ3) is 2.83. The van der Waals surface area contributed by atoms with Gasteiger partial charge in [-0.2, -0.15) is 0 Å². The van der Waals surface area contributed by atoms with E-state index >= 15 is 0 Å². The molecule has 3 rings (SSSR count). The van der Waals surface area contributed by atoms with Gasteiger partial charge in [0.15, 0.2) is 5.76 Å². The molecule has 0 unspecified atom stereocenters. The zero-order valence-corrected chi connectivity index (χ0v) is 12.7. The van der Waals surface area contributed by atoms with Crippen molar-refractivity contribution in [2.75, 3.05) is 7.05 Å². The van der Waals surface area contributed by atoms with Gasteiger partial charge in [-0.1, -0.05) is 17.3 Å². The summed E-state index contributed by atoms with van der Waals surface area (Å²) in [5.74, 6) is 1.96. The predicted molar refractivity (Wildman–Crippen MR) is 81.8 cm³/mol. The molecule has 21 heavy (non-hydrogen) atoms. The molecular formula is C16H20N4O. The fourth-order valence-electron chi connectivity index (χ4n) is 2.65. The molecule has 5 heteroatoms. The first kappa shape index (κ1) is 13.8. The molecule has 0 spiro atoms. The summed E-state index contributed by atoms with van der Waals surface area (Å²) in [6.07, 6.45) is 0. The lowest BCUT2D eigenvalue weighted by Crippen LogP contribution is -2.19. The van der Waals surface area contributed by atoms with Crippen LogP contribution in [-0.4, -0.2) is 26.7 Å². The molecule has 0 saturated heterocycles. The molecule has 0 radical (unpaired) electrons. The van der Waals surface area contributed by atoms with E-state index in [9.17, 15) is 0 Å². The predicted octanol–water partition coefficient (Wildman–Crippen LogP) is 2.98. The second-order valence-electron chi connectivity index (χ2n) is 5.37. The Hall–Kier alpha value is -2.14. The van der Waals surface area contributed by atoms with Crippen LogP contribution in [0, 0.1) is 6.92 Å². The maximum atomic E-state index is 5.27. The fraction of sp³-hybridized carbons (Fsp3) is 0.375. The summed E-state index contributed by atoms with van der Waals surface area (Å²) in [5.41, 5.74) is 3.16. The quantitative estimate of drug-likeness (QED) is 0.722. The molecule has 3 aromatic rings. The standard InChI is InChI=1S/C16H20N4O/c1-4-20-15-8-6-5-7-14(15)17-16(20)11-19(3)10-13-9-12(2)18-21-13/h5-9H,4,10-11H2,1-3H3. The van der Waals surface area contributed by atoms with Gasteiger partial charge in [0, 0.05) is 12.6 Å². The van der Waals surface area contributed by atoms with Crippen LogP contribution < -0.4 is 0 Å². The molecule has 0 N–H and O–H groups in total. The number of rotatable bonds is 5. The molecule has 5 nitrogen and oxygen atoms in total. The first-order valence-electron chi connectivity index (χ1n) is 7.22. The van der Waals surface area contributed by atoms with Gasteiger partial charge in [-0.15, -0.1) is 0 Å². The van der Waals surface area contributed by atoms with Crippen molar-refractivity contribution in [3.8, 4) is 0 Å². The third-order valence-electron chi connectivity index (χ3n) is 3.56. The SMILES string of the molecule is CCn1c(CN(C)Cc2cc(C)no2)nc2ccccc21. The molecule has 2 heterocycles. The molecule has 110 valence electrons. The van der Waals surface area contributed by atoms with Gasteiger partial charge >= 0.3 is 0 Å². The van der Waals surface area contributed by atoms with Crippen LogP contribution in [0.3, 0.4) is 0 Å². The maximum absolute atomic E-state index is 5.27. The lowest BCUT2D eigenvalue weighted by molar-refractivity contribution is 0.259. The molecule has 1 aromatic carbocycles. The highest BCUT2D eigenvalue weighted by atomic mass is 16.5. The van der Waals surface area contributed by atoms with Crippen LogP contribution in [0.2, 0.25) is 0 Å². The van der Waals surface area contributed by atoms with Crippen molar-refractivity contribution in [2.45, 2.75) is 33.5 Å². The molecular weight excluding hydrogens is 264 g/mol. The van der Waals surface area contributed by atoms with Crippen LogP contribution >= 0.6 is 0 Å². The van der Waals surface area contributed by atoms with E-state index in [1.807, 2.05) is 19.1 Å². The van der Waals surface area contributed by atoms with Crippen molar-refractivity contribution in [3.63, 3.8) is 0 Å². The zero-order valence-electron chi connectivity index (χ0n) is 12.7. The lowest BCUT2D eigenvalue weighted by Gasteiger charge is -2.15. The Morgan fingerprint density at radius 3 is 2.76 bits per heavy atom. The number of fused-ring (bicyclic) bond motifs is 1. The largest absolute Gasteiger partial charge is 0.360 e. The van der Waals surface area contributed by atoms with Gasteiger partial charge in [0.05, 0.1) is 29.8 Å². The van der Waals surface area contributed by atoms with Gasteiger partial charge in [0.2, 0.25) is 0 Å². The van der Waals surface area contributed by atoms with Gasteiger partial charge in [0.1, 0.15) is 5.82 Å². The monoisotopic (exact) mass is 284 g/mol. The maximum Gasteiger partial charge on any atom is 0.150 e. The molecule has 0 bridgehead atoms. The second kappa shape index (κ2) is 5.69. The normalized spacial score (nSPS) is 11.6. The Labute approximate surface area is 124 Å². The summed E-state index contributed by atoms with van der Waals surface area (Å²) in [6, 6.07) is 10.2. The van der Waals surface area contributed by atoms with Gasteiger partial charge < -0.3 is 9.09 Å². The Morgan fingerprint density at radius 2 is 2.05 bits per heavy atom. The van der Waals surface area contributed by atoms with E-state index in [0.29, 0.717) is 0 Å². The van der Waals surface area contributed by atoms with Crippen LogP contribution in [0.4, 0.5) is 0 Å². The Kier molecular flexibility index (Phi) is 3.75. The van der Waals surface area contributed by atoms with E-state index in [4.69, 9.17) is 9.51 Å². The molecule has 0 saturated carbocycles. The van der Waals surface area contributed by atoms with E-state index in [-0.39, 0.29) is 0 Å². The van der Waals surface area contributed by atoms with Crippen molar-refractivity contribution in [2.24, 2.45) is 0 Å². The van der Waals surface area contributed by atoms with Crippen LogP contribution in [0.5, 0.6) is 0 Å². The van der Waals surface area contributed by atoms with E-state index in [1.165, 1.54) is 5.52 Å². The van der Waals surface area contributed by atoms with Crippen LogP contribution in [-0.2, 0) is 19.6 Å². The highest BCUT2D eigenvalue weighted by Gasteiger charge is 2.12. The topological polar surface area (TPSA) is 47.1 Å². The Bertz CT molecular complexity index is 744. The first-order chi connectivity index (χ1) is 10.2. The van der Waals surface area contributed by atoms with Gasteiger partial charge in [-0.3, -0.25) is 4.90 Å². The molecule has 0 atom stereocenters. The van der Waals surface area contributed by atoms with E-state index < -0.39 is 0 Å². The highest BCUT2D eigenvalue weighted by Crippen LogP contribution is 2.17. The summed E-state index contributed by atoms with van der Waals surface area (Å²) in [5, 5.41) is 3.92. The number of nitrogens with zero attached hydrogens (tertiary/aromatic N) is 4. The Morgan fingerprint density at radius 1 is 1.24 bits per heavy atom.